The maximum Gasteiger partial charge on any atom is 0.147 e. The molecule has 4 nitrogen and oxygen atoms in total. The topological polar surface area (TPSA) is 69.4 Å². The summed E-state index contributed by atoms with van der Waals surface area (Å²) in [7, 11) is -2.92. The predicted molar refractivity (Wildman–Crippen MR) is 76.6 cm³/mol. The molecule has 1 aromatic rings. The van der Waals surface area contributed by atoms with Crippen molar-refractivity contribution in [2.45, 2.75) is 19.4 Å². The Kier molecular flexibility index (Phi) is 5.62. The first-order valence-electron chi connectivity index (χ1n) is 5.65. The van der Waals surface area contributed by atoms with E-state index in [1.54, 1.807) is 0 Å². The summed E-state index contributed by atoms with van der Waals surface area (Å²) in [4.78, 5) is 0. The van der Waals surface area contributed by atoms with Gasteiger partial charge in [-0.15, -0.1) is 0 Å². The van der Waals surface area contributed by atoms with E-state index >= 15 is 0 Å². The molecule has 1 rings (SSSR count). The van der Waals surface area contributed by atoms with Crippen LogP contribution in [-0.4, -0.2) is 27.0 Å². The normalized spacial score (nSPS) is 13.3. The number of ether oxygens (including phenoxy) is 1. The zero-order valence-electron chi connectivity index (χ0n) is 10.5. The molecular weight excluding hydrogens is 318 g/mol. The number of nitrogens with two attached hydrogens (primary N) is 1. The lowest BCUT2D eigenvalue weighted by atomic mass is 10.1. The molecule has 0 spiro atoms. The molecule has 0 fully saturated rings. The molecule has 1 aromatic carbocycles. The minimum Gasteiger partial charge on any atom is -0.493 e. The van der Waals surface area contributed by atoms with Gasteiger partial charge in [0.05, 0.1) is 12.4 Å². The Morgan fingerprint density at radius 1 is 1.44 bits per heavy atom. The Balaban J connectivity index is 2.62. The average molecular weight is 336 g/mol. The lowest BCUT2D eigenvalue weighted by Gasteiger charge is -2.14. The Bertz CT molecular complexity index is 500. The minimum absolute atomic E-state index is 0.132. The van der Waals surface area contributed by atoms with Crippen LogP contribution in [-0.2, 0) is 9.84 Å². The van der Waals surface area contributed by atoms with Crippen LogP contribution in [0.4, 0.5) is 0 Å². The predicted octanol–water partition coefficient (Wildman–Crippen LogP) is 2.28. The molecule has 18 heavy (non-hydrogen) atoms. The van der Waals surface area contributed by atoms with Crippen molar-refractivity contribution in [3.05, 3.63) is 28.2 Å². The second-order valence-electron chi connectivity index (χ2n) is 4.30. The van der Waals surface area contributed by atoms with Gasteiger partial charge >= 0.3 is 0 Å². The van der Waals surface area contributed by atoms with Gasteiger partial charge in [0, 0.05) is 22.3 Å². The second-order valence-corrected chi connectivity index (χ2v) is 7.48. The lowest BCUT2D eigenvalue weighted by molar-refractivity contribution is 0.313. The summed E-state index contributed by atoms with van der Waals surface area (Å²) in [6, 6.07) is 5.49. The molecule has 0 amide bonds. The van der Waals surface area contributed by atoms with E-state index in [9.17, 15) is 8.42 Å². The number of rotatable bonds is 6. The molecule has 1 atom stereocenters. The number of hydrogen-bond donors (Lipinski definition) is 1. The minimum atomic E-state index is -2.92. The first-order chi connectivity index (χ1) is 8.29. The van der Waals surface area contributed by atoms with Crippen molar-refractivity contribution in [3.8, 4) is 5.75 Å². The number of sulfone groups is 1. The van der Waals surface area contributed by atoms with E-state index in [-0.39, 0.29) is 11.8 Å². The third kappa shape index (κ3) is 5.37. The van der Waals surface area contributed by atoms with Gasteiger partial charge in [-0.1, -0.05) is 15.9 Å². The maximum absolute atomic E-state index is 11.0. The van der Waals surface area contributed by atoms with Crippen LogP contribution in [0.1, 0.15) is 24.9 Å². The van der Waals surface area contributed by atoms with Gasteiger partial charge in [0.1, 0.15) is 15.6 Å². The Hall–Kier alpha value is -0.590. The molecule has 0 aliphatic heterocycles. The highest BCUT2D eigenvalue weighted by atomic mass is 79.9. The molecule has 0 saturated carbocycles. The van der Waals surface area contributed by atoms with Gasteiger partial charge in [-0.05, 0) is 31.5 Å². The molecule has 0 aliphatic rings. The van der Waals surface area contributed by atoms with Gasteiger partial charge in [-0.25, -0.2) is 8.42 Å². The summed E-state index contributed by atoms with van der Waals surface area (Å²) in [5.74, 6) is 0.846. The summed E-state index contributed by atoms with van der Waals surface area (Å²) in [6.45, 7) is 2.25. The van der Waals surface area contributed by atoms with Gasteiger partial charge in [-0.3, -0.25) is 0 Å². The van der Waals surface area contributed by atoms with Crippen LogP contribution in [0.15, 0.2) is 22.7 Å². The van der Waals surface area contributed by atoms with Crippen molar-refractivity contribution in [1.29, 1.82) is 0 Å². The average Bonchev–Trinajstić information content (AvgIpc) is 2.24. The van der Waals surface area contributed by atoms with Crippen molar-refractivity contribution in [3.63, 3.8) is 0 Å². The fourth-order valence-corrected chi connectivity index (χ4v) is 2.53. The first-order valence-corrected chi connectivity index (χ1v) is 8.50. The number of hydrogen-bond acceptors (Lipinski definition) is 4. The van der Waals surface area contributed by atoms with Crippen molar-refractivity contribution in [2.24, 2.45) is 5.73 Å². The highest BCUT2D eigenvalue weighted by molar-refractivity contribution is 9.10. The SMILES string of the molecule is C[C@@H](N)c1cc(Br)ccc1OCCCS(C)(=O)=O. The van der Waals surface area contributed by atoms with E-state index in [0.717, 1.165) is 10.0 Å². The molecular formula is C12H18BrNO3S. The summed E-state index contributed by atoms with van der Waals surface area (Å²) in [6.07, 6.45) is 1.70. The van der Waals surface area contributed by atoms with Crippen LogP contribution in [0.2, 0.25) is 0 Å². The monoisotopic (exact) mass is 335 g/mol. The Labute approximate surface area is 117 Å². The van der Waals surface area contributed by atoms with E-state index in [4.69, 9.17) is 10.5 Å². The molecule has 0 saturated heterocycles. The fraction of sp³-hybridized carbons (Fsp3) is 0.500. The second kappa shape index (κ2) is 6.54. The van der Waals surface area contributed by atoms with Gasteiger partial charge < -0.3 is 10.5 Å². The van der Waals surface area contributed by atoms with Crippen molar-refractivity contribution in [2.75, 3.05) is 18.6 Å². The molecule has 0 heterocycles. The maximum atomic E-state index is 11.0. The molecule has 2 N–H and O–H groups in total. The van der Waals surface area contributed by atoms with Gasteiger partial charge in [-0.2, -0.15) is 0 Å². The van der Waals surface area contributed by atoms with Crippen LogP contribution in [0.5, 0.6) is 5.75 Å². The van der Waals surface area contributed by atoms with Crippen LogP contribution < -0.4 is 10.5 Å². The van der Waals surface area contributed by atoms with E-state index in [2.05, 4.69) is 15.9 Å². The molecule has 102 valence electrons. The molecule has 0 radical (unpaired) electrons. The largest absolute Gasteiger partial charge is 0.493 e. The summed E-state index contributed by atoms with van der Waals surface area (Å²) < 4.78 is 28.5. The molecule has 0 bridgehead atoms. The zero-order valence-corrected chi connectivity index (χ0v) is 12.9. The van der Waals surface area contributed by atoms with E-state index in [1.807, 2.05) is 25.1 Å². The summed E-state index contributed by atoms with van der Waals surface area (Å²) >= 11 is 3.38. The fourth-order valence-electron chi connectivity index (χ4n) is 1.51. The van der Waals surface area contributed by atoms with E-state index < -0.39 is 9.84 Å². The summed E-state index contributed by atoms with van der Waals surface area (Å²) in [5.41, 5.74) is 6.77. The highest BCUT2D eigenvalue weighted by Crippen LogP contribution is 2.27. The zero-order chi connectivity index (χ0) is 13.8. The van der Waals surface area contributed by atoms with E-state index in [0.29, 0.717) is 18.8 Å². The van der Waals surface area contributed by atoms with Crippen molar-refractivity contribution in [1.82, 2.24) is 0 Å². The van der Waals surface area contributed by atoms with Crippen molar-refractivity contribution < 1.29 is 13.2 Å². The highest BCUT2D eigenvalue weighted by Gasteiger charge is 2.09. The van der Waals surface area contributed by atoms with Crippen LogP contribution in [0.3, 0.4) is 0 Å². The molecule has 0 aliphatic carbocycles. The van der Waals surface area contributed by atoms with Crippen LogP contribution in [0.25, 0.3) is 0 Å². The molecule has 6 heteroatoms. The number of benzene rings is 1. The Morgan fingerprint density at radius 2 is 2.11 bits per heavy atom. The van der Waals surface area contributed by atoms with Gasteiger partial charge in [0.25, 0.3) is 0 Å². The lowest BCUT2D eigenvalue weighted by Crippen LogP contribution is -2.11. The van der Waals surface area contributed by atoms with Gasteiger partial charge in [0.15, 0.2) is 0 Å². The summed E-state index contributed by atoms with van der Waals surface area (Å²) in [5, 5.41) is 0. The third-order valence-electron chi connectivity index (χ3n) is 2.38. The number of halogens is 1. The van der Waals surface area contributed by atoms with Crippen LogP contribution in [0, 0.1) is 0 Å². The van der Waals surface area contributed by atoms with E-state index in [1.165, 1.54) is 6.26 Å². The first kappa shape index (κ1) is 15.5. The van der Waals surface area contributed by atoms with Crippen molar-refractivity contribution >= 4 is 25.8 Å². The molecule has 0 aromatic heterocycles. The standard InChI is InChI=1S/C12H18BrNO3S/c1-9(14)11-8-10(13)4-5-12(11)17-6-3-7-18(2,15)16/h4-5,8-9H,3,6-7,14H2,1-2H3/t9-/m1/s1. The van der Waals surface area contributed by atoms with Gasteiger partial charge in [0.2, 0.25) is 0 Å². The smallest absolute Gasteiger partial charge is 0.147 e. The molecule has 0 unspecified atom stereocenters. The Morgan fingerprint density at radius 3 is 2.67 bits per heavy atom. The quantitative estimate of drug-likeness (QED) is 0.809. The third-order valence-corrected chi connectivity index (χ3v) is 3.90. The van der Waals surface area contributed by atoms with Crippen LogP contribution >= 0.6 is 15.9 Å².